The Morgan fingerprint density at radius 1 is 1.21 bits per heavy atom. The van der Waals surface area contributed by atoms with Gasteiger partial charge in [-0.25, -0.2) is 9.78 Å². The summed E-state index contributed by atoms with van der Waals surface area (Å²) in [4.78, 5) is 24.3. The first-order valence-electron chi connectivity index (χ1n) is 10.4. The van der Waals surface area contributed by atoms with Crippen molar-refractivity contribution >= 4 is 17.1 Å². The molecule has 6 rings (SSSR count). The number of carbonyl (C=O) groups is 1. The number of fused-ring (bicyclic) bond motifs is 2. The van der Waals surface area contributed by atoms with Crippen LogP contribution in [0.15, 0.2) is 17.5 Å². The molecule has 1 saturated carbocycles. The van der Waals surface area contributed by atoms with Crippen molar-refractivity contribution in [1.82, 2.24) is 0 Å². The lowest BCUT2D eigenvalue weighted by Crippen LogP contribution is -2.72. The van der Waals surface area contributed by atoms with Gasteiger partial charge in [0, 0.05) is 12.3 Å². The molecule has 8 heteroatoms. The lowest BCUT2D eigenvalue weighted by molar-refractivity contribution is -0.573. The van der Waals surface area contributed by atoms with Gasteiger partial charge in [-0.05, 0) is 55.4 Å². The number of ether oxygens (including phenoxy) is 2. The summed E-state index contributed by atoms with van der Waals surface area (Å²) in [7, 11) is 0. The minimum atomic E-state index is -3.65. The van der Waals surface area contributed by atoms with Gasteiger partial charge >= 0.3 is 5.92 Å². The molecule has 0 unspecified atom stereocenters. The van der Waals surface area contributed by atoms with Gasteiger partial charge in [0.15, 0.2) is 11.9 Å². The summed E-state index contributed by atoms with van der Waals surface area (Å²) in [5.74, 6) is -6.26. The van der Waals surface area contributed by atoms with Crippen LogP contribution >= 0.6 is 11.3 Å². The quantitative estimate of drug-likeness (QED) is 0.511. The second kappa shape index (κ2) is 6.53. The maximum Gasteiger partial charge on any atom is 0.336 e. The van der Waals surface area contributed by atoms with Crippen LogP contribution in [0.25, 0.3) is 0 Å². The van der Waals surface area contributed by atoms with Crippen LogP contribution in [0.5, 0.6) is 0 Å². The van der Waals surface area contributed by atoms with Crippen LogP contribution in [0.4, 0.5) is 8.78 Å². The highest BCUT2D eigenvalue weighted by Gasteiger charge is 2.72. The number of carbonyl (C=O) groups excluding carboxylic acids is 1. The Hall–Kier alpha value is -0.930. The van der Waals surface area contributed by atoms with E-state index >= 15 is 8.78 Å². The van der Waals surface area contributed by atoms with E-state index in [1.807, 2.05) is 0 Å². The van der Waals surface area contributed by atoms with Crippen molar-refractivity contribution in [3.05, 3.63) is 22.4 Å². The van der Waals surface area contributed by atoms with Crippen molar-refractivity contribution in [3.8, 4) is 0 Å². The molecule has 0 amide bonds. The number of Topliss-reactive ketones (excluding diaryl/α,β-unsaturated/α-hetero) is 1. The molecule has 1 aromatic heterocycles. The van der Waals surface area contributed by atoms with Gasteiger partial charge in [0.1, 0.15) is 6.10 Å². The molecule has 8 atom stereocenters. The minimum Gasteiger partial charge on any atom is -0.339 e. The zero-order valence-corrected chi connectivity index (χ0v) is 17.5. The van der Waals surface area contributed by atoms with Crippen LogP contribution in [0.2, 0.25) is 0 Å². The average molecular weight is 428 g/mol. The average Bonchev–Trinajstić information content (AvgIpc) is 3.12. The van der Waals surface area contributed by atoms with E-state index in [0.717, 1.165) is 24.2 Å². The van der Waals surface area contributed by atoms with E-state index < -0.39 is 41.4 Å². The van der Waals surface area contributed by atoms with Crippen LogP contribution in [0, 0.1) is 23.7 Å². The third kappa shape index (κ3) is 2.72. The molecule has 2 bridgehead atoms. The highest BCUT2D eigenvalue weighted by atomic mass is 32.1. The molecular formula is C21H26F2O5S. The number of rotatable bonds is 3. The largest absolute Gasteiger partial charge is 0.339 e. The van der Waals surface area contributed by atoms with Crippen molar-refractivity contribution in [1.29, 1.82) is 0 Å². The Balaban J connectivity index is 1.54. The highest BCUT2D eigenvalue weighted by Crippen LogP contribution is 2.61. The molecule has 1 spiro atoms. The number of ketones is 1. The molecule has 0 aromatic carbocycles. The topological polar surface area (TPSA) is 54.0 Å². The van der Waals surface area contributed by atoms with Gasteiger partial charge in [-0.15, -0.1) is 11.3 Å². The van der Waals surface area contributed by atoms with E-state index in [1.165, 1.54) is 6.07 Å². The maximum atomic E-state index is 15.4. The summed E-state index contributed by atoms with van der Waals surface area (Å²) >= 11 is 1.02. The molecule has 1 aliphatic carbocycles. The molecule has 5 fully saturated rings. The molecule has 1 aromatic rings. The number of halogens is 2. The predicted octanol–water partition coefficient (Wildman–Crippen LogP) is 4.82. The minimum absolute atomic E-state index is 0.0380. The Bertz CT molecular complexity index is 801. The van der Waals surface area contributed by atoms with Crippen LogP contribution in [-0.2, 0) is 19.2 Å². The first kappa shape index (κ1) is 20.0. The van der Waals surface area contributed by atoms with E-state index in [1.54, 1.807) is 25.3 Å². The molecule has 5 heterocycles. The molecule has 29 heavy (non-hydrogen) atoms. The van der Waals surface area contributed by atoms with Crippen molar-refractivity contribution < 1.29 is 32.8 Å². The third-order valence-corrected chi connectivity index (χ3v) is 8.43. The predicted molar refractivity (Wildman–Crippen MR) is 100 cm³/mol. The van der Waals surface area contributed by atoms with Crippen LogP contribution in [0.3, 0.4) is 0 Å². The van der Waals surface area contributed by atoms with Crippen LogP contribution in [-0.4, -0.2) is 35.5 Å². The van der Waals surface area contributed by atoms with Crippen molar-refractivity contribution in [2.45, 2.75) is 76.2 Å². The summed E-state index contributed by atoms with van der Waals surface area (Å²) in [6.45, 7) is 5.66. The monoisotopic (exact) mass is 428 g/mol. The Morgan fingerprint density at radius 3 is 2.72 bits per heavy atom. The lowest BCUT2D eigenvalue weighted by atomic mass is 9.57. The van der Waals surface area contributed by atoms with E-state index in [9.17, 15) is 4.79 Å². The van der Waals surface area contributed by atoms with Gasteiger partial charge in [0.2, 0.25) is 11.6 Å². The molecular weight excluding hydrogens is 402 g/mol. The third-order valence-electron chi connectivity index (χ3n) is 7.56. The molecule has 0 N–H and O–H groups in total. The smallest absolute Gasteiger partial charge is 0.336 e. The summed E-state index contributed by atoms with van der Waals surface area (Å²) < 4.78 is 42.9. The fourth-order valence-corrected chi connectivity index (χ4v) is 6.73. The number of alkyl halides is 2. The van der Waals surface area contributed by atoms with E-state index in [2.05, 4.69) is 6.92 Å². The maximum absolute atomic E-state index is 15.4. The van der Waals surface area contributed by atoms with Crippen LogP contribution < -0.4 is 0 Å². The second-order valence-corrected chi connectivity index (χ2v) is 10.2. The number of hydrogen-bond acceptors (Lipinski definition) is 6. The molecule has 5 nitrogen and oxygen atoms in total. The van der Waals surface area contributed by atoms with Gasteiger partial charge in [-0.3, -0.25) is 4.79 Å². The number of thiophene rings is 1. The van der Waals surface area contributed by atoms with Gasteiger partial charge in [-0.1, -0.05) is 19.9 Å². The van der Waals surface area contributed by atoms with Crippen LogP contribution in [0.1, 0.15) is 56.1 Å². The molecule has 0 radical (unpaired) electrons. The van der Waals surface area contributed by atoms with E-state index in [-0.39, 0.29) is 16.7 Å². The fraction of sp³-hybridized carbons (Fsp3) is 0.762. The fourth-order valence-electron chi connectivity index (χ4n) is 6.02. The van der Waals surface area contributed by atoms with Crippen molar-refractivity contribution in [2.75, 3.05) is 0 Å². The Labute approximate surface area is 172 Å². The Morgan fingerprint density at radius 2 is 2.00 bits per heavy atom. The highest BCUT2D eigenvalue weighted by molar-refractivity contribution is 7.12. The van der Waals surface area contributed by atoms with Gasteiger partial charge in [0.05, 0.1) is 4.88 Å². The standard InChI is InChI=1S/C21H26F2O5S/c1-11-6-7-14-12(2)17(21(22,23)16(24)15-5-4-10-29-15)25-18-20(14)13(11)8-9-19(3,26-18)27-28-20/h4-5,10-14,17-18H,6-9H2,1-3H3/t11-,12-,13+,14+,17+,18-,19-,20-/m1/s1. The number of hydrogen-bond donors (Lipinski definition) is 0. The van der Waals surface area contributed by atoms with Gasteiger partial charge in [0.25, 0.3) is 0 Å². The van der Waals surface area contributed by atoms with E-state index in [4.69, 9.17) is 19.2 Å². The van der Waals surface area contributed by atoms with Gasteiger partial charge < -0.3 is 9.47 Å². The Kier molecular flexibility index (Phi) is 4.51. The second-order valence-electron chi connectivity index (χ2n) is 9.26. The zero-order chi connectivity index (χ0) is 20.6. The molecule has 5 aliphatic rings. The first-order chi connectivity index (χ1) is 13.7. The first-order valence-corrected chi connectivity index (χ1v) is 11.2. The zero-order valence-electron chi connectivity index (χ0n) is 16.7. The summed E-state index contributed by atoms with van der Waals surface area (Å²) in [6.07, 6.45) is 0.520. The SMILES string of the molecule is C[C@H]1[C@@H](C(F)(F)C(=O)c2cccs2)O[C@@H]2O[C@@]3(C)CC[C@H]4[C@H](C)CC[C@@H]1[C@@]24OO3. The molecule has 4 aliphatic heterocycles. The normalized spacial score (nSPS) is 46.8. The van der Waals surface area contributed by atoms with Crippen molar-refractivity contribution in [2.24, 2.45) is 23.7 Å². The summed E-state index contributed by atoms with van der Waals surface area (Å²) in [6, 6.07) is 3.02. The van der Waals surface area contributed by atoms with E-state index in [0.29, 0.717) is 18.8 Å². The van der Waals surface area contributed by atoms with Gasteiger partial charge in [-0.2, -0.15) is 8.78 Å². The molecule has 4 saturated heterocycles. The summed E-state index contributed by atoms with van der Waals surface area (Å²) in [5, 5.41) is 1.62. The lowest BCUT2D eigenvalue weighted by Gasteiger charge is -2.60. The molecule has 160 valence electrons. The summed E-state index contributed by atoms with van der Waals surface area (Å²) in [5.41, 5.74) is -0.911. The van der Waals surface area contributed by atoms with Crippen molar-refractivity contribution in [3.63, 3.8) is 0 Å².